The minimum Gasteiger partial charge on any atom is -0.372 e. The van der Waals surface area contributed by atoms with Gasteiger partial charge in [0.15, 0.2) is 0 Å². The maximum Gasteiger partial charge on any atom is 0.254 e. The fourth-order valence-corrected chi connectivity index (χ4v) is 5.21. The highest BCUT2D eigenvalue weighted by Crippen LogP contribution is 2.32. The number of aromatic amines is 1. The zero-order valence-electron chi connectivity index (χ0n) is 19.8. The molecule has 0 spiro atoms. The fraction of sp³-hybridized carbons (Fsp3) is 0.393. The van der Waals surface area contributed by atoms with E-state index in [0.29, 0.717) is 11.5 Å². The molecule has 6 nitrogen and oxygen atoms in total. The van der Waals surface area contributed by atoms with Gasteiger partial charge in [0, 0.05) is 30.8 Å². The van der Waals surface area contributed by atoms with Crippen LogP contribution in [0.1, 0.15) is 76.0 Å². The predicted octanol–water partition coefficient (Wildman–Crippen LogP) is 5.44. The van der Waals surface area contributed by atoms with Crippen LogP contribution in [0.3, 0.4) is 0 Å². The number of hydrogen-bond donors (Lipinski definition) is 1. The maximum atomic E-state index is 13.5. The SMILES string of the molecule is Cc1cc(C)c(-c2ncc(C3CCCO3)[nH]2)cc1C(=O)N1CCC(c2ccc(C#N)cc2)CC1. The van der Waals surface area contributed by atoms with Crippen LogP contribution >= 0.6 is 0 Å². The quantitative estimate of drug-likeness (QED) is 0.569. The molecular weight excluding hydrogens is 424 g/mol. The Morgan fingerprint density at radius 2 is 1.88 bits per heavy atom. The number of nitrogens with one attached hydrogen (secondary N) is 1. The van der Waals surface area contributed by atoms with Crippen molar-refractivity contribution in [1.82, 2.24) is 14.9 Å². The van der Waals surface area contributed by atoms with Gasteiger partial charge in [0.1, 0.15) is 5.82 Å². The zero-order chi connectivity index (χ0) is 23.7. The summed E-state index contributed by atoms with van der Waals surface area (Å²) < 4.78 is 5.78. The first-order valence-electron chi connectivity index (χ1n) is 12.1. The van der Waals surface area contributed by atoms with Gasteiger partial charge in [-0.3, -0.25) is 4.79 Å². The number of nitrogens with zero attached hydrogens (tertiary/aromatic N) is 3. The number of benzene rings is 2. The lowest BCUT2D eigenvalue weighted by atomic mass is 9.88. The van der Waals surface area contributed by atoms with Gasteiger partial charge in [0.2, 0.25) is 0 Å². The molecule has 0 radical (unpaired) electrons. The van der Waals surface area contributed by atoms with Crippen molar-refractivity contribution >= 4 is 5.91 Å². The van der Waals surface area contributed by atoms with Gasteiger partial charge in [0.25, 0.3) is 5.91 Å². The molecule has 0 aliphatic carbocycles. The van der Waals surface area contributed by atoms with Crippen LogP contribution in [0.2, 0.25) is 0 Å². The van der Waals surface area contributed by atoms with Crippen molar-refractivity contribution in [2.75, 3.05) is 19.7 Å². The number of H-pyrrole nitrogens is 1. The van der Waals surface area contributed by atoms with Crippen molar-refractivity contribution in [3.05, 3.63) is 76.1 Å². The summed E-state index contributed by atoms with van der Waals surface area (Å²) in [7, 11) is 0. The lowest BCUT2D eigenvalue weighted by Crippen LogP contribution is -2.38. The Balaban J connectivity index is 1.32. The largest absolute Gasteiger partial charge is 0.372 e. The molecule has 2 fully saturated rings. The van der Waals surface area contributed by atoms with E-state index in [4.69, 9.17) is 10.00 Å². The third-order valence-electron chi connectivity index (χ3n) is 7.22. The van der Waals surface area contributed by atoms with Gasteiger partial charge >= 0.3 is 0 Å². The minimum atomic E-state index is 0.0861. The molecule has 2 saturated heterocycles. The smallest absolute Gasteiger partial charge is 0.254 e. The Morgan fingerprint density at radius 1 is 1.12 bits per heavy atom. The number of nitriles is 1. The van der Waals surface area contributed by atoms with E-state index in [1.54, 1.807) is 0 Å². The van der Waals surface area contributed by atoms with Gasteiger partial charge in [-0.25, -0.2) is 4.98 Å². The molecule has 3 heterocycles. The van der Waals surface area contributed by atoms with Gasteiger partial charge in [-0.2, -0.15) is 5.26 Å². The third kappa shape index (κ3) is 4.36. The molecule has 1 amide bonds. The number of aryl methyl sites for hydroxylation is 2. The first-order chi connectivity index (χ1) is 16.5. The molecule has 5 rings (SSSR count). The van der Waals surface area contributed by atoms with Gasteiger partial charge in [-0.05, 0) is 80.3 Å². The molecule has 174 valence electrons. The number of ether oxygens (including phenoxy) is 1. The Kier molecular flexibility index (Phi) is 6.21. The van der Waals surface area contributed by atoms with Crippen molar-refractivity contribution in [1.29, 1.82) is 5.26 Å². The molecule has 2 aromatic carbocycles. The van der Waals surface area contributed by atoms with E-state index < -0.39 is 0 Å². The van der Waals surface area contributed by atoms with Crippen LogP contribution in [-0.4, -0.2) is 40.5 Å². The van der Waals surface area contributed by atoms with E-state index in [0.717, 1.165) is 79.2 Å². The molecule has 1 unspecified atom stereocenters. The van der Waals surface area contributed by atoms with Crippen LogP contribution < -0.4 is 0 Å². The molecule has 0 saturated carbocycles. The highest BCUT2D eigenvalue weighted by Gasteiger charge is 2.26. The first kappa shape index (κ1) is 22.4. The van der Waals surface area contributed by atoms with E-state index in [1.807, 2.05) is 48.4 Å². The van der Waals surface area contributed by atoms with Crippen LogP contribution in [0.5, 0.6) is 0 Å². The molecule has 6 heteroatoms. The van der Waals surface area contributed by atoms with E-state index in [-0.39, 0.29) is 12.0 Å². The summed E-state index contributed by atoms with van der Waals surface area (Å²) >= 11 is 0. The van der Waals surface area contributed by atoms with Gasteiger partial charge in [-0.15, -0.1) is 0 Å². The van der Waals surface area contributed by atoms with E-state index in [2.05, 4.69) is 29.0 Å². The summed E-state index contributed by atoms with van der Waals surface area (Å²) in [6.45, 7) is 6.33. The Hall–Kier alpha value is -3.43. The zero-order valence-corrected chi connectivity index (χ0v) is 19.8. The summed E-state index contributed by atoms with van der Waals surface area (Å²) in [5.41, 5.74) is 6.73. The number of piperidine rings is 1. The lowest BCUT2D eigenvalue weighted by molar-refractivity contribution is 0.0712. The normalized spacial score (nSPS) is 18.7. The van der Waals surface area contributed by atoms with Crippen LogP contribution in [0.4, 0.5) is 0 Å². The first-order valence-corrected chi connectivity index (χ1v) is 12.1. The van der Waals surface area contributed by atoms with Crippen molar-refractivity contribution in [3.63, 3.8) is 0 Å². The summed E-state index contributed by atoms with van der Waals surface area (Å²) in [5.74, 6) is 1.30. The molecule has 0 bridgehead atoms. The monoisotopic (exact) mass is 454 g/mol. The second-order valence-corrected chi connectivity index (χ2v) is 9.47. The van der Waals surface area contributed by atoms with Crippen LogP contribution in [-0.2, 0) is 4.74 Å². The van der Waals surface area contributed by atoms with Gasteiger partial charge < -0.3 is 14.6 Å². The number of imidazole rings is 1. The fourth-order valence-electron chi connectivity index (χ4n) is 5.21. The molecule has 1 N–H and O–H groups in total. The Morgan fingerprint density at radius 3 is 2.56 bits per heavy atom. The highest BCUT2D eigenvalue weighted by atomic mass is 16.5. The maximum absolute atomic E-state index is 13.5. The van der Waals surface area contributed by atoms with Crippen LogP contribution in [0, 0.1) is 25.2 Å². The number of amides is 1. The lowest BCUT2D eigenvalue weighted by Gasteiger charge is -2.32. The van der Waals surface area contributed by atoms with E-state index >= 15 is 0 Å². The standard InChI is InChI=1S/C28H30N4O2/c1-18-14-19(2)24(15-23(18)27-30-17-25(31-27)26-4-3-13-34-26)28(33)32-11-9-22(10-12-32)21-7-5-20(16-29)6-8-21/h5-8,14-15,17,22,26H,3-4,9-13H2,1-2H3,(H,30,31). The second-order valence-electron chi connectivity index (χ2n) is 9.47. The molecule has 34 heavy (non-hydrogen) atoms. The highest BCUT2D eigenvalue weighted by molar-refractivity contribution is 5.97. The van der Waals surface area contributed by atoms with Gasteiger partial charge in [0.05, 0.1) is 29.6 Å². The number of hydrogen-bond acceptors (Lipinski definition) is 4. The molecule has 1 atom stereocenters. The summed E-state index contributed by atoms with van der Waals surface area (Å²) in [5, 5.41) is 9.02. The van der Waals surface area contributed by atoms with Crippen molar-refractivity contribution < 1.29 is 9.53 Å². The van der Waals surface area contributed by atoms with Crippen LogP contribution in [0.15, 0.2) is 42.6 Å². The number of rotatable bonds is 4. The molecule has 2 aliphatic rings. The van der Waals surface area contributed by atoms with Crippen molar-refractivity contribution in [2.24, 2.45) is 0 Å². The minimum absolute atomic E-state index is 0.0861. The average Bonchev–Trinajstić information content (AvgIpc) is 3.56. The number of carbonyl (C=O) groups excluding carboxylic acids is 1. The summed E-state index contributed by atoms with van der Waals surface area (Å²) in [4.78, 5) is 23.5. The Bertz CT molecular complexity index is 1220. The van der Waals surface area contributed by atoms with Crippen LogP contribution in [0.25, 0.3) is 11.4 Å². The molecular formula is C28H30N4O2. The van der Waals surface area contributed by atoms with Crippen molar-refractivity contribution in [3.8, 4) is 17.5 Å². The second kappa shape index (κ2) is 9.44. The predicted molar refractivity (Wildman–Crippen MR) is 130 cm³/mol. The third-order valence-corrected chi connectivity index (χ3v) is 7.22. The Labute approximate surface area is 200 Å². The summed E-state index contributed by atoms with van der Waals surface area (Å²) in [6.07, 6.45) is 5.89. The van der Waals surface area contributed by atoms with Gasteiger partial charge in [-0.1, -0.05) is 18.2 Å². The number of aromatic nitrogens is 2. The van der Waals surface area contributed by atoms with Crippen molar-refractivity contribution in [2.45, 2.75) is 51.6 Å². The van der Waals surface area contributed by atoms with E-state index in [9.17, 15) is 4.79 Å². The topological polar surface area (TPSA) is 82.0 Å². The molecule has 3 aromatic rings. The summed E-state index contributed by atoms with van der Waals surface area (Å²) in [6, 6.07) is 14.1. The van der Waals surface area contributed by atoms with E-state index in [1.165, 1.54) is 5.56 Å². The number of carbonyl (C=O) groups is 1. The molecule has 2 aliphatic heterocycles. The number of likely N-dealkylation sites (tertiary alicyclic amines) is 1. The average molecular weight is 455 g/mol. The molecule has 1 aromatic heterocycles.